The van der Waals surface area contributed by atoms with Gasteiger partial charge in [0.05, 0.1) is 12.7 Å². The molecule has 0 amide bonds. The first-order chi connectivity index (χ1) is 9.87. The summed E-state index contributed by atoms with van der Waals surface area (Å²) in [6.45, 7) is 1.72. The molecule has 2 heterocycles. The summed E-state index contributed by atoms with van der Waals surface area (Å²) in [6.07, 6.45) is 3.32. The summed E-state index contributed by atoms with van der Waals surface area (Å²) in [6, 6.07) is 0.738. The Morgan fingerprint density at radius 3 is 2.71 bits per heavy atom. The van der Waals surface area contributed by atoms with E-state index < -0.39 is 15.8 Å². The molecule has 1 saturated heterocycles. The fourth-order valence-corrected chi connectivity index (χ4v) is 3.55. The SMILES string of the molecule is N=C(N)CN1CCC(NS(=O)(=O)c2cncc(F)c2)CC1. The Balaban J connectivity index is 1.95. The van der Waals surface area contributed by atoms with E-state index in [0.29, 0.717) is 32.5 Å². The molecule has 0 bridgehead atoms. The molecule has 1 aliphatic rings. The van der Waals surface area contributed by atoms with Crippen molar-refractivity contribution in [3.8, 4) is 0 Å². The predicted molar refractivity (Wildman–Crippen MR) is 75.9 cm³/mol. The van der Waals surface area contributed by atoms with E-state index in [0.717, 1.165) is 18.5 Å². The number of likely N-dealkylation sites (tertiary alicyclic amines) is 1. The molecule has 0 aromatic carbocycles. The molecule has 0 atom stereocenters. The second-order valence-corrected chi connectivity index (χ2v) is 6.75. The Morgan fingerprint density at radius 1 is 1.48 bits per heavy atom. The van der Waals surface area contributed by atoms with Crippen LogP contribution in [0, 0.1) is 11.2 Å². The van der Waals surface area contributed by atoms with Crippen LogP contribution in [0.2, 0.25) is 0 Å². The fourth-order valence-electron chi connectivity index (χ4n) is 2.28. The maximum absolute atomic E-state index is 13.1. The van der Waals surface area contributed by atoms with Crippen molar-refractivity contribution < 1.29 is 12.8 Å². The number of pyridine rings is 1. The minimum atomic E-state index is -3.76. The topological polar surface area (TPSA) is 112 Å². The van der Waals surface area contributed by atoms with Crippen LogP contribution in [-0.2, 0) is 10.0 Å². The van der Waals surface area contributed by atoms with Gasteiger partial charge < -0.3 is 5.73 Å². The highest BCUT2D eigenvalue weighted by molar-refractivity contribution is 7.89. The van der Waals surface area contributed by atoms with Crippen LogP contribution < -0.4 is 10.5 Å². The second-order valence-electron chi connectivity index (χ2n) is 5.04. The lowest BCUT2D eigenvalue weighted by molar-refractivity contribution is 0.231. The maximum Gasteiger partial charge on any atom is 0.242 e. The highest BCUT2D eigenvalue weighted by Gasteiger charge is 2.25. The zero-order valence-corrected chi connectivity index (χ0v) is 12.2. The van der Waals surface area contributed by atoms with Gasteiger partial charge in [-0.25, -0.2) is 17.5 Å². The van der Waals surface area contributed by atoms with Gasteiger partial charge in [0, 0.05) is 25.3 Å². The van der Waals surface area contributed by atoms with Crippen LogP contribution in [0.1, 0.15) is 12.8 Å². The second kappa shape index (κ2) is 6.46. The Labute approximate surface area is 122 Å². The van der Waals surface area contributed by atoms with Gasteiger partial charge in [-0.3, -0.25) is 15.3 Å². The normalized spacial score (nSPS) is 17.8. The van der Waals surface area contributed by atoms with E-state index in [1.807, 2.05) is 4.90 Å². The van der Waals surface area contributed by atoms with Crippen molar-refractivity contribution in [1.82, 2.24) is 14.6 Å². The van der Waals surface area contributed by atoms with Gasteiger partial charge in [0.1, 0.15) is 16.5 Å². The molecule has 0 spiro atoms. The predicted octanol–water partition coefficient (Wildman–Crippen LogP) is -0.101. The van der Waals surface area contributed by atoms with Gasteiger partial charge in [0.15, 0.2) is 0 Å². The van der Waals surface area contributed by atoms with Gasteiger partial charge in [-0.1, -0.05) is 0 Å². The van der Waals surface area contributed by atoms with Gasteiger partial charge in [-0.2, -0.15) is 0 Å². The number of rotatable bonds is 5. The van der Waals surface area contributed by atoms with Gasteiger partial charge in [0.25, 0.3) is 0 Å². The smallest absolute Gasteiger partial charge is 0.242 e. The van der Waals surface area contributed by atoms with Gasteiger partial charge >= 0.3 is 0 Å². The number of aromatic nitrogens is 1. The third-order valence-corrected chi connectivity index (χ3v) is 4.78. The van der Waals surface area contributed by atoms with E-state index in [-0.39, 0.29) is 16.8 Å². The minimum absolute atomic E-state index is 0.0971. The largest absolute Gasteiger partial charge is 0.387 e. The molecule has 1 fully saturated rings. The van der Waals surface area contributed by atoms with E-state index in [9.17, 15) is 12.8 Å². The molecule has 7 nitrogen and oxygen atoms in total. The summed E-state index contributed by atoms with van der Waals surface area (Å²) < 4.78 is 39.9. The Bertz CT molecular complexity index is 614. The third-order valence-electron chi connectivity index (χ3n) is 3.29. The van der Waals surface area contributed by atoms with E-state index in [1.165, 1.54) is 0 Å². The average Bonchev–Trinajstić information content (AvgIpc) is 2.40. The van der Waals surface area contributed by atoms with E-state index >= 15 is 0 Å². The Kier molecular flexibility index (Phi) is 4.86. The molecule has 1 aliphatic heterocycles. The maximum atomic E-state index is 13.1. The number of halogens is 1. The molecule has 1 aromatic rings. The number of nitrogens with zero attached hydrogens (tertiary/aromatic N) is 2. The van der Waals surface area contributed by atoms with E-state index in [2.05, 4.69) is 9.71 Å². The first-order valence-electron chi connectivity index (χ1n) is 6.55. The van der Waals surface area contributed by atoms with Crippen LogP contribution in [0.4, 0.5) is 4.39 Å². The molecular weight excluding hydrogens is 297 g/mol. The number of hydrogen-bond donors (Lipinski definition) is 3. The summed E-state index contributed by atoms with van der Waals surface area (Å²) in [5.74, 6) is -0.589. The molecule has 4 N–H and O–H groups in total. The average molecular weight is 315 g/mol. The number of piperidine rings is 1. The first-order valence-corrected chi connectivity index (χ1v) is 8.03. The quantitative estimate of drug-likeness (QED) is 0.519. The minimum Gasteiger partial charge on any atom is -0.387 e. The number of amidine groups is 1. The van der Waals surface area contributed by atoms with Crippen LogP contribution in [0.5, 0.6) is 0 Å². The summed E-state index contributed by atoms with van der Waals surface area (Å²) in [4.78, 5) is 5.37. The van der Waals surface area contributed by atoms with Gasteiger partial charge in [0.2, 0.25) is 10.0 Å². The van der Waals surface area contributed by atoms with Crippen LogP contribution in [0.15, 0.2) is 23.4 Å². The van der Waals surface area contributed by atoms with Crippen molar-refractivity contribution in [2.75, 3.05) is 19.6 Å². The number of nitrogens with one attached hydrogen (secondary N) is 2. The Hall–Kier alpha value is -1.58. The standard InChI is InChI=1S/C12H18FN5O2S/c13-9-5-11(7-16-6-9)21(19,20)17-10-1-3-18(4-2-10)8-12(14)15/h5-7,10,17H,1-4,8H2,(H3,14,15). The van der Waals surface area contributed by atoms with Gasteiger partial charge in [-0.15, -0.1) is 0 Å². The van der Waals surface area contributed by atoms with E-state index in [4.69, 9.17) is 11.1 Å². The summed E-state index contributed by atoms with van der Waals surface area (Å²) >= 11 is 0. The van der Waals surface area contributed by atoms with Crippen molar-refractivity contribution in [2.45, 2.75) is 23.8 Å². The van der Waals surface area contributed by atoms with Crippen LogP contribution in [-0.4, -0.2) is 49.8 Å². The summed E-state index contributed by atoms with van der Waals surface area (Å²) in [7, 11) is -3.76. The highest BCUT2D eigenvalue weighted by Crippen LogP contribution is 2.14. The zero-order chi connectivity index (χ0) is 15.5. The monoisotopic (exact) mass is 315 g/mol. The molecule has 1 aromatic heterocycles. The molecule has 0 radical (unpaired) electrons. The molecule has 116 valence electrons. The molecular formula is C12H18FN5O2S. The van der Waals surface area contributed by atoms with Crippen molar-refractivity contribution in [3.05, 3.63) is 24.3 Å². The van der Waals surface area contributed by atoms with Gasteiger partial charge in [-0.05, 0) is 18.9 Å². The molecule has 0 unspecified atom stereocenters. The lowest BCUT2D eigenvalue weighted by atomic mass is 10.1. The van der Waals surface area contributed by atoms with E-state index in [1.54, 1.807) is 0 Å². The lowest BCUT2D eigenvalue weighted by Gasteiger charge is -2.31. The van der Waals surface area contributed by atoms with Crippen molar-refractivity contribution in [1.29, 1.82) is 5.41 Å². The van der Waals surface area contributed by atoms with Crippen LogP contribution in [0.25, 0.3) is 0 Å². The number of nitrogens with two attached hydrogens (primary N) is 1. The first kappa shape index (κ1) is 15.8. The summed E-state index contributed by atoms with van der Waals surface area (Å²) in [5.41, 5.74) is 5.34. The fraction of sp³-hybridized carbons (Fsp3) is 0.500. The Morgan fingerprint density at radius 2 is 2.14 bits per heavy atom. The van der Waals surface area contributed by atoms with Crippen molar-refractivity contribution >= 4 is 15.9 Å². The molecule has 21 heavy (non-hydrogen) atoms. The molecule has 0 aliphatic carbocycles. The molecule has 2 rings (SSSR count). The van der Waals surface area contributed by atoms with Crippen molar-refractivity contribution in [2.24, 2.45) is 5.73 Å². The molecule has 9 heteroatoms. The zero-order valence-electron chi connectivity index (χ0n) is 11.4. The number of hydrogen-bond acceptors (Lipinski definition) is 5. The van der Waals surface area contributed by atoms with Crippen LogP contribution >= 0.6 is 0 Å². The number of sulfonamides is 1. The lowest BCUT2D eigenvalue weighted by Crippen LogP contribution is -2.46. The third kappa shape index (κ3) is 4.45. The summed E-state index contributed by atoms with van der Waals surface area (Å²) in [5, 5.41) is 7.24. The van der Waals surface area contributed by atoms with Crippen LogP contribution in [0.3, 0.4) is 0 Å². The van der Waals surface area contributed by atoms with Crippen molar-refractivity contribution in [3.63, 3.8) is 0 Å². The highest BCUT2D eigenvalue weighted by atomic mass is 32.2. The molecule has 0 saturated carbocycles.